The van der Waals surface area contributed by atoms with Crippen molar-refractivity contribution in [2.75, 3.05) is 11.9 Å². The lowest BCUT2D eigenvalue weighted by Crippen LogP contribution is -2.38. The van der Waals surface area contributed by atoms with E-state index in [9.17, 15) is 18.4 Å². The Balaban J connectivity index is 1.56. The Morgan fingerprint density at radius 3 is 2.74 bits per heavy atom. The molecule has 0 saturated heterocycles. The van der Waals surface area contributed by atoms with E-state index in [0.29, 0.717) is 41.8 Å². The molecule has 2 aromatic carbocycles. The van der Waals surface area contributed by atoms with Crippen molar-refractivity contribution in [3.05, 3.63) is 88.2 Å². The average molecular weight is 594 g/mol. The lowest BCUT2D eigenvalue weighted by molar-refractivity contribution is -0.129. The molecule has 6 N–H and O–H groups in total. The monoisotopic (exact) mass is 593 g/mol. The zero-order valence-corrected chi connectivity index (χ0v) is 23.6. The van der Waals surface area contributed by atoms with Gasteiger partial charge in [-0.15, -0.1) is 5.10 Å². The van der Waals surface area contributed by atoms with Crippen LogP contribution in [-0.4, -0.2) is 34.1 Å². The van der Waals surface area contributed by atoms with Gasteiger partial charge in [0.15, 0.2) is 11.7 Å². The van der Waals surface area contributed by atoms with Crippen LogP contribution < -0.4 is 22.4 Å². The Morgan fingerprint density at radius 2 is 1.98 bits per heavy atom. The molecular weight excluding hydrogens is 564 g/mol. The number of amidine groups is 1. The van der Waals surface area contributed by atoms with E-state index < -0.39 is 17.7 Å². The molecule has 42 heavy (non-hydrogen) atoms. The Bertz CT molecular complexity index is 1610. The van der Waals surface area contributed by atoms with Gasteiger partial charge in [-0.2, -0.15) is 0 Å². The molecular formula is C30H30ClF2N7O2. The van der Waals surface area contributed by atoms with Gasteiger partial charge in [-0.3, -0.25) is 14.6 Å². The van der Waals surface area contributed by atoms with Gasteiger partial charge in [0.1, 0.15) is 5.82 Å². The number of nitrogens with two attached hydrogens (primary N) is 2. The molecule has 0 radical (unpaired) electrons. The molecule has 2 amide bonds. The van der Waals surface area contributed by atoms with Crippen molar-refractivity contribution in [3.8, 4) is 11.1 Å². The molecule has 2 aliphatic heterocycles. The van der Waals surface area contributed by atoms with Crippen LogP contribution in [0.4, 0.5) is 14.5 Å². The molecule has 2 aliphatic rings. The van der Waals surface area contributed by atoms with E-state index in [-0.39, 0.29) is 52.7 Å². The van der Waals surface area contributed by atoms with E-state index in [1.165, 1.54) is 6.08 Å². The molecule has 0 saturated carbocycles. The number of pyridine rings is 1. The van der Waals surface area contributed by atoms with Crippen LogP contribution in [0.5, 0.6) is 0 Å². The number of nitrogens with zero attached hydrogens (tertiary/aromatic N) is 3. The van der Waals surface area contributed by atoms with Crippen molar-refractivity contribution in [1.82, 2.24) is 15.4 Å². The number of aromatic nitrogens is 1. The molecule has 2 bridgehead atoms. The van der Waals surface area contributed by atoms with Crippen LogP contribution >= 0.6 is 11.6 Å². The molecule has 9 nitrogen and oxygen atoms in total. The Labute approximate surface area is 246 Å². The average Bonchev–Trinajstić information content (AvgIpc) is 2.98. The largest absolute Gasteiger partial charge is 0.382 e. The van der Waals surface area contributed by atoms with Crippen LogP contribution in [0.1, 0.15) is 55.5 Å². The minimum atomic E-state index is -0.886. The highest BCUT2D eigenvalue weighted by atomic mass is 35.5. The van der Waals surface area contributed by atoms with Crippen molar-refractivity contribution in [1.29, 1.82) is 0 Å². The Hall–Kier alpha value is -4.35. The second kappa shape index (κ2) is 12.3. The predicted octanol–water partition coefficient (Wildman–Crippen LogP) is 4.88. The van der Waals surface area contributed by atoms with Crippen LogP contribution in [0.3, 0.4) is 0 Å². The number of hydrogen-bond donors (Lipinski definition) is 4. The standard InChI is InChI=1S/C30H30ClF2N7O2/c1-16-3-2-4-25(40-12-10-18(15-26(40)41)27-22(32)7-6-21(31)28(27)33)24-14-17(9-11-36-24)20-13-19(29(34)38-39-35)5-8-23(20)37-30(16)42/h5-9,11,13-16,25,39H,2-4,10,12,35H2,1H3,(H2,34,38)(H,37,42). The summed E-state index contributed by atoms with van der Waals surface area (Å²) >= 11 is 5.89. The molecule has 1 aromatic heterocycles. The first kappa shape index (κ1) is 29.2. The van der Waals surface area contributed by atoms with Crippen molar-refractivity contribution < 1.29 is 18.4 Å². The number of carbonyl (C=O) groups is 2. The molecule has 2 atom stereocenters. The molecule has 0 aliphatic carbocycles. The van der Waals surface area contributed by atoms with Gasteiger partial charge >= 0.3 is 0 Å². The van der Waals surface area contributed by atoms with E-state index in [2.05, 4.69) is 20.9 Å². The van der Waals surface area contributed by atoms with Crippen LogP contribution in [0, 0.1) is 17.6 Å². The van der Waals surface area contributed by atoms with E-state index >= 15 is 0 Å². The topological polar surface area (TPSA) is 139 Å². The van der Waals surface area contributed by atoms with Crippen molar-refractivity contribution in [2.45, 2.75) is 38.6 Å². The Morgan fingerprint density at radius 1 is 1.17 bits per heavy atom. The predicted molar refractivity (Wildman–Crippen MR) is 158 cm³/mol. The van der Waals surface area contributed by atoms with E-state index in [0.717, 1.165) is 17.7 Å². The Kier molecular flexibility index (Phi) is 8.51. The number of rotatable bonds is 4. The fraction of sp³-hybridized carbons (Fsp3) is 0.267. The summed E-state index contributed by atoms with van der Waals surface area (Å²) in [4.78, 5) is 32.9. The summed E-state index contributed by atoms with van der Waals surface area (Å²) in [5.41, 5.74) is 11.5. The quantitative estimate of drug-likeness (QED) is 0.112. The number of hydrogen-bond acceptors (Lipinski definition) is 6. The summed E-state index contributed by atoms with van der Waals surface area (Å²) in [6.45, 7) is 2.08. The van der Waals surface area contributed by atoms with Gasteiger partial charge < -0.3 is 16.0 Å². The van der Waals surface area contributed by atoms with Gasteiger partial charge in [0.05, 0.1) is 22.3 Å². The summed E-state index contributed by atoms with van der Waals surface area (Å²) in [6.07, 6.45) is 4.92. The number of carbonyl (C=O) groups excluding carboxylic acids is 2. The zero-order valence-electron chi connectivity index (χ0n) is 22.8. The molecule has 2 unspecified atom stereocenters. The summed E-state index contributed by atoms with van der Waals surface area (Å²) < 4.78 is 29.3. The van der Waals surface area contributed by atoms with E-state index in [4.69, 9.17) is 23.2 Å². The SMILES string of the molecule is CC1CCCC(N2CCC(c3c(F)ccc(Cl)c3F)=CC2=O)c2cc(ccn2)-c2cc(/C(N)=N/NN)ccc2NC1=O. The van der Waals surface area contributed by atoms with Crippen molar-refractivity contribution >= 4 is 40.5 Å². The molecule has 0 fully saturated rings. The third-order valence-corrected chi connectivity index (χ3v) is 7.99. The second-order valence-corrected chi connectivity index (χ2v) is 10.8. The van der Waals surface area contributed by atoms with Gasteiger partial charge in [0.25, 0.3) is 0 Å². The first-order valence-electron chi connectivity index (χ1n) is 13.5. The highest BCUT2D eigenvalue weighted by Crippen LogP contribution is 2.37. The van der Waals surface area contributed by atoms with Crippen LogP contribution in [0.2, 0.25) is 5.02 Å². The molecule has 218 valence electrons. The number of hydrazone groups is 1. The molecule has 3 aromatic rings. The number of benzene rings is 2. The maximum atomic E-state index is 14.7. The van der Waals surface area contributed by atoms with Gasteiger partial charge in [0.2, 0.25) is 11.8 Å². The van der Waals surface area contributed by atoms with Gasteiger partial charge in [0, 0.05) is 41.5 Å². The highest BCUT2D eigenvalue weighted by Gasteiger charge is 2.31. The van der Waals surface area contributed by atoms with Gasteiger partial charge in [-0.25, -0.2) is 20.2 Å². The fourth-order valence-corrected chi connectivity index (χ4v) is 5.59. The maximum absolute atomic E-state index is 14.7. The molecule has 0 spiro atoms. The van der Waals surface area contributed by atoms with Crippen LogP contribution in [0.25, 0.3) is 16.7 Å². The fourth-order valence-electron chi connectivity index (χ4n) is 5.43. The smallest absolute Gasteiger partial charge is 0.247 e. The number of amides is 2. The molecule has 5 rings (SSSR count). The minimum Gasteiger partial charge on any atom is -0.382 e. The maximum Gasteiger partial charge on any atom is 0.247 e. The summed E-state index contributed by atoms with van der Waals surface area (Å²) in [7, 11) is 0. The van der Waals surface area contributed by atoms with Crippen LogP contribution in [-0.2, 0) is 9.59 Å². The van der Waals surface area contributed by atoms with E-state index in [1.807, 2.05) is 13.0 Å². The number of hydrazine groups is 1. The summed E-state index contributed by atoms with van der Waals surface area (Å²) in [6, 6.07) is 10.8. The number of anilines is 1. The third kappa shape index (κ3) is 5.83. The first-order chi connectivity index (χ1) is 20.2. The van der Waals surface area contributed by atoms with E-state index in [1.54, 1.807) is 35.4 Å². The molecule has 12 heteroatoms. The summed E-state index contributed by atoms with van der Waals surface area (Å²) in [5, 5.41) is 6.66. The molecule has 3 heterocycles. The lowest BCUT2D eigenvalue weighted by Gasteiger charge is -2.34. The van der Waals surface area contributed by atoms with Crippen molar-refractivity contribution in [2.24, 2.45) is 22.6 Å². The number of fused-ring (bicyclic) bond motifs is 4. The van der Waals surface area contributed by atoms with Gasteiger partial charge in [-0.1, -0.05) is 24.9 Å². The first-order valence-corrected chi connectivity index (χ1v) is 13.9. The third-order valence-electron chi connectivity index (χ3n) is 7.70. The normalized spacial score (nSPS) is 19.7. The van der Waals surface area contributed by atoms with Gasteiger partial charge in [-0.05, 0) is 72.9 Å². The van der Waals surface area contributed by atoms with Crippen molar-refractivity contribution in [3.63, 3.8) is 0 Å². The second-order valence-electron chi connectivity index (χ2n) is 10.4. The van der Waals surface area contributed by atoms with Crippen LogP contribution in [0.15, 0.2) is 59.8 Å². The highest BCUT2D eigenvalue weighted by molar-refractivity contribution is 6.31. The lowest BCUT2D eigenvalue weighted by atomic mass is 9.92. The number of nitrogens with one attached hydrogen (secondary N) is 2. The minimum absolute atomic E-state index is 0.132. The number of halogens is 3. The zero-order chi connectivity index (χ0) is 30.0. The summed E-state index contributed by atoms with van der Waals surface area (Å²) in [5.74, 6) is 2.99.